The molecule has 0 aliphatic heterocycles. The maximum atomic E-state index is 8.53. The van der Waals surface area contributed by atoms with Crippen molar-refractivity contribution in [2.45, 2.75) is 0 Å². The van der Waals surface area contributed by atoms with E-state index in [9.17, 15) is 0 Å². The Morgan fingerprint density at radius 2 is 1.45 bits per heavy atom. The number of nitrogens with one attached hydrogen (secondary N) is 4. The van der Waals surface area contributed by atoms with Crippen LogP contribution < -0.4 is 21.3 Å². The highest BCUT2D eigenvalue weighted by Crippen LogP contribution is 2.19. The topological polar surface area (TPSA) is 120 Å². The Labute approximate surface area is 135 Å². The standard InChI is InChI=1S/C10H18N8S2/c1-13-9(17-7-11)15-3-5-19-20-6-4-16-10(14-2)18-8-12/h3-6H2,1-2H3,(H2,13,15,17)(H2,14,16,18)/i1D3,2D3. The SMILES string of the molecule is [2H]C([2H])([2H])N=C(NC#N)NCCSSCCNC(=NC([2H])([2H])[2H])NC#N. The molecule has 0 aliphatic rings. The monoisotopic (exact) mass is 320 g/mol. The summed E-state index contributed by atoms with van der Waals surface area (Å²) in [6.45, 7) is -4.30. The van der Waals surface area contributed by atoms with Crippen LogP contribution in [0.15, 0.2) is 9.98 Å². The van der Waals surface area contributed by atoms with Crippen molar-refractivity contribution in [2.75, 3.05) is 38.5 Å². The smallest absolute Gasteiger partial charge is 0.204 e. The molecule has 110 valence electrons. The molecule has 20 heavy (non-hydrogen) atoms. The molecule has 0 aliphatic carbocycles. The Morgan fingerprint density at radius 3 is 1.80 bits per heavy atom. The van der Waals surface area contributed by atoms with Gasteiger partial charge in [-0.25, -0.2) is 0 Å². The molecule has 0 heterocycles. The molecule has 0 atom stereocenters. The largest absolute Gasteiger partial charge is 0.355 e. The zero-order valence-corrected chi connectivity index (χ0v) is 12.1. The van der Waals surface area contributed by atoms with Crippen LogP contribution in [0.2, 0.25) is 0 Å². The summed E-state index contributed by atoms with van der Waals surface area (Å²) >= 11 is 0. The second-order valence-corrected chi connectivity index (χ2v) is 5.59. The third-order valence-corrected chi connectivity index (χ3v) is 4.02. The molecule has 0 aromatic carbocycles. The summed E-state index contributed by atoms with van der Waals surface area (Å²) < 4.78 is 42.1. The second kappa shape index (κ2) is 13.6. The van der Waals surface area contributed by atoms with E-state index in [4.69, 9.17) is 18.7 Å². The molecule has 0 unspecified atom stereocenters. The number of aliphatic imine (C=N–C) groups is 2. The summed E-state index contributed by atoms with van der Waals surface area (Å²) in [5.41, 5.74) is 0. The lowest BCUT2D eigenvalue weighted by Crippen LogP contribution is -2.35. The van der Waals surface area contributed by atoms with Crippen molar-refractivity contribution in [1.29, 1.82) is 10.5 Å². The molecule has 0 amide bonds. The van der Waals surface area contributed by atoms with Crippen LogP contribution >= 0.6 is 21.6 Å². The van der Waals surface area contributed by atoms with E-state index in [1.165, 1.54) is 21.6 Å². The van der Waals surface area contributed by atoms with Gasteiger partial charge < -0.3 is 10.6 Å². The van der Waals surface area contributed by atoms with Crippen molar-refractivity contribution in [3.63, 3.8) is 0 Å². The summed E-state index contributed by atoms with van der Waals surface area (Å²) in [6.07, 6.45) is 3.20. The van der Waals surface area contributed by atoms with Gasteiger partial charge in [-0.3, -0.25) is 20.6 Å². The third-order valence-electron chi connectivity index (χ3n) is 1.61. The molecule has 0 fully saturated rings. The van der Waals surface area contributed by atoms with Gasteiger partial charge in [-0.1, -0.05) is 21.6 Å². The first-order valence-corrected chi connectivity index (χ1v) is 7.78. The molecule has 0 aromatic rings. The molecule has 0 saturated carbocycles. The van der Waals surface area contributed by atoms with Crippen LogP contribution in [0.5, 0.6) is 0 Å². The fourth-order valence-electron chi connectivity index (χ4n) is 0.869. The maximum absolute atomic E-state index is 8.53. The van der Waals surface area contributed by atoms with E-state index in [1.807, 2.05) is 0 Å². The Morgan fingerprint density at radius 1 is 1.00 bits per heavy atom. The number of rotatable bonds is 7. The van der Waals surface area contributed by atoms with E-state index in [0.29, 0.717) is 24.6 Å². The van der Waals surface area contributed by atoms with E-state index in [0.717, 1.165) is 0 Å². The number of nitriles is 2. The van der Waals surface area contributed by atoms with Crippen LogP contribution in [-0.4, -0.2) is 50.5 Å². The molecule has 0 spiro atoms. The van der Waals surface area contributed by atoms with Crippen molar-refractivity contribution in [2.24, 2.45) is 9.98 Å². The van der Waals surface area contributed by atoms with E-state index < -0.39 is 14.0 Å². The molecule has 0 saturated heterocycles. The number of guanidine groups is 2. The van der Waals surface area contributed by atoms with Crippen molar-refractivity contribution in [3.8, 4) is 12.4 Å². The molecule has 10 heteroatoms. The molecule has 0 radical (unpaired) electrons. The molecule has 0 bridgehead atoms. The van der Waals surface area contributed by atoms with E-state index in [1.54, 1.807) is 12.4 Å². The fraction of sp³-hybridized carbons (Fsp3) is 0.600. The number of nitrogens with zero attached hydrogens (tertiary/aromatic N) is 4. The van der Waals surface area contributed by atoms with Gasteiger partial charge >= 0.3 is 0 Å². The van der Waals surface area contributed by atoms with Gasteiger partial charge in [0.2, 0.25) is 11.9 Å². The number of hydrogen-bond donors (Lipinski definition) is 4. The van der Waals surface area contributed by atoms with Crippen LogP contribution in [0.25, 0.3) is 0 Å². The lowest BCUT2D eigenvalue weighted by atomic mass is 10.7. The van der Waals surface area contributed by atoms with Crippen LogP contribution in [-0.2, 0) is 0 Å². The Balaban J connectivity index is 4.00. The van der Waals surface area contributed by atoms with Crippen molar-refractivity contribution >= 4 is 33.5 Å². The van der Waals surface area contributed by atoms with E-state index in [2.05, 4.69) is 31.3 Å². The van der Waals surface area contributed by atoms with E-state index >= 15 is 0 Å². The minimum Gasteiger partial charge on any atom is -0.355 e. The third kappa shape index (κ3) is 10.2. The maximum Gasteiger partial charge on any atom is 0.204 e. The van der Waals surface area contributed by atoms with Gasteiger partial charge in [0.1, 0.15) is 0 Å². The fourth-order valence-corrected chi connectivity index (χ4v) is 2.68. The lowest BCUT2D eigenvalue weighted by molar-refractivity contribution is 0.930. The van der Waals surface area contributed by atoms with Gasteiger partial charge in [-0.15, -0.1) is 0 Å². The van der Waals surface area contributed by atoms with Crippen LogP contribution in [0.4, 0.5) is 0 Å². The molecule has 0 rings (SSSR count). The molecule has 8 nitrogen and oxygen atoms in total. The minimum absolute atomic E-state index is 0.118. The highest BCUT2D eigenvalue weighted by molar-refractivity contribution is 8.76. The van der Waals surface area contributed by atoms with E-state index in [-0.39, 0.29) is 11.9 Å². The highest BCUT2D eigenvalue weighted by atomic mass is 33.1. The molecular weight excluding hydrogens is 296 g/mol. The van der Waals surface area contributed by atoms with Gasteiger partial charge in [-0.05, 0) is 0 Å². The Bertz CT molecular complexity index is 512. The van der Waals surface area contributed by atoms with Crippen molar-refractivity contribution < 1.29 is 8.22 Å². The second-order valence-electron chi connectivity index (χ2n) is 2.89. The zero-order chi connectivity index (χ0) is 20.1. The van der Waals surface area contributed by atoms with Gasteiger partial charge in [0, 0.05) is 46.8 Å². The Kier molecular flexibility index (Phi) is 6.84. The predicted molar refractivity (Wildman–Crippen MR) is 85.1 cm³/mol. The molecule has 0 aromatic heterocycles. The number of hydrogen-bond acceptors (Lipinski definition) is 6. The van der Waals surface area contributed by atoms with Crippen molar-refractivity contribution in [1.82, 2.24) is 21.3 Å². The molecule has 4 N–H and O–H groups in total. The summed E-state index contributed by atoms with van der Waals surface area (Å²) in [5, 5.41) is 26.8. The first-order chi connectivity index (χ1) is 12.1. The van der Waals surface area contributed by atoms with Gasteiger partial charge in [-0.2, -0.15) is 10.5 Å². The average molecular weight is 320 g/mol. The van der Waals surface area contributed by atoms with Crippen LogP contribution in [0.3, 0.4) is 0 Å². The minimum atomic E-state index is -2.54. The quantitative estimate of drug-likeness (QED) is 0.126. The van der Waals surface area contributed by atoms with Gasteiger partial charge in [0.15, 0.2) is 12.4 Å². The predicted octanol–water partition coefficient (Wildman–Crippen LogP) is -0.340. The first kappa shape index (κ1) is 10.0. The van der Waals surface area contributed by atoms with Gasteiger partial charge in [0.25, 0.3) is 0 Å². The lowest BCUT2D eigenvalue weighted by Gasteiger charge is -2.07. The normalized spacial score (nSPS) is 16.9. The summed E-state index contributed by atoms with van der Waals surface area (Å²) in [4.78, 5) is 6.73. The highest BCUT2D eigenvalue weighted by Gasteiger charge is 1.97. The Hall–Kier alpha value is -1.78. The summed E-state index contributed by atoms with van der Waals surface area (Å²) in [7, 11) is 2.96. The van der Waals surface area contributed by atoms with Crippen LogP contribution in [0.1, 0.15) is 8.22 Å². The van der Waals surface area contributed by atoms with Crippen LogP contribution in [0, 0.1) is 22.9 Å². The summed E-state index contributed by atoms with van der Waals surface area (Å²) in [5.74, 6) is 0.968. The zero-order valence-electron chi connectivity index (χ0n) is 16.4. The molecular formula is C10H18N8S2. The first-order valence-electron chi connectivity index (χ1n) is 8.29. The average Bonchev–Trinajstić information content (AvgIpc) is 2.47. The van der Waals surface area contributed by atoms with Crippen molar-refractivity contribution in [3.05, 3.63) is 0 Å². The van der Waals surface area contributed by atoms with Gasteiger partial charge in [0.05, 0.1) is 0 Å². The summed E-state index contributed by atoms with van der Waals surface area (Å²) in [6, 6.07) is 0.